The Morgan fingerprint density at radius 3 is 2.26 bits per heavy atom. The highest BCUT2D eigenvalue weighted by Gasteiger charge is 2.33. The lowest BCUT2D eigenvalue weighted by Gasteiger charge is -2.40. The molecule has 3 aliphatic rings. The van der Waals surface area contributed by atoms with Gasteiger partial charge < -0.3 is 10.2 Å². The molecule has 2 saturated carbocycles. The number of rotatable bonds is 7. The first-order valence-electron chi connectivity index (χ1n) is 8.38. The van der Waals surface area contributed by atoms with Crippen molar-refractivity contribution in [1.82, 2.24) is 15.1 Å². The summed E-state index contributed by atoms with van der Waals surface area (Å²) in [6, 6.07) is 1.80. The molecule has 0 aromatic carbocycles. The minimum absolute atomic E-state index is 0.463. The van der Waals surface area contributed by atoms with Gasteiger partial charge in [0.25, 0.3) is 0 Å². The molecule has 3 heteroatoms. The van der Waals surface area contributed by atoms with E-state index in [1.165, 1.54) is 71.4 Å². The van der Waals surface area contributed by atoms with Crippen molar-refractivity contribution < 1.29 is 0 Å². The highest BCUT2D eigenvalue weighted by Crippen LogP contribution is 2.29. The zero-order valence-electron chi connectivity index (χ0n) is 12.8. The topological polar surface area (TPSA) is 18.5 Å². The van der Waals surface area contributed by atoms with Gasteiger partial charge in [-0.15, -0.1) is 0 Å². The van der Waals surface area contributed by atoms with Gasteiger partial charge in [0.15, 0.2) is 0 Å². The number of nitrogens with zero attached hydrogens (tertiary/aromatic N) is 2. The molecule has 19 heavy (non-hydrogen) atoms. The number of hydrogen-bond donors (Lipinski definition) is 1. The molecule has 0 aromatic heterocycles. The van der Waals surface area contributed by atoms with Gasteiger partial charge in [-0.05, 0) is 37.5 Å². The van der Waals surface area contributed by atoms with Crippen molar-refractivity contribution in [2.24, 2.45) is 5.41 Å². The fourth-order valence-corrected chi connectivity index (χ4v) is 3.24. The van der Waals surface area contributed by atoms with Gasteiger partial charge in [0.05, 0.1) is 0 Å². The molecule has 0 amide bonds. The Kier molecular flexibility index (Phi) is 4.16. The molecule has 110 valence electrons. The molecule has 1 N–H and O–H groups in total. The minimum atomic E-state index is 0.463. The van der Waals surface area contributed by atoms with Gasteiger partial charge >= 0.3 is 0 Å². The highest BCUT2D eigenvalue weighted by atomic mass is 15.3. The molecule has 0 radical (unpaired) electrons. The van der Waals surface area contributed by atoms with Crippen molar-refractivity contribution in [2.45, 2.75) is 58.0 Å². The van der Waals surface area contributed by atoms with Crippen molar-refractivity contribution in [3.8, 4) is 0 Å². The molecule has 0 bridgehead atoms. The van der Waals surface area contributed by atoms with Gasteiger partial charge in [-0.3, -0.25) is 4.90 Å². The highest BCUT2D eigenvalue weighted by molar-refractivity contribution is 4.90. The molecule has 1 atom stereocenters. The van der Waals surface area contributed by atoms with Crippen LogP contribution in [0.3, 0.4) is 0 Å². The van der Waals surface area contributed by atoms with Crippen LogP contribution in [0, 0.1) is 5.41 Å². The fraction of sp³-hybridized carbons (Fsp3) is 1.00. The van der Waals surface area contributed by atoms with E-state index in [0.29, 0.717) is 5.41 Å². The summed E-state index contributed by atoms with van der Waals surface area (Å²) >= 11 is 0. The molecule has 3 fully saturated rings. The van der Waals surface area contributed by atoms with Crippen LogP contribution in [0.25, 0.3) is 0 Å². The van der Waals surface area contributed by atoms with Crippen molar-refractivity contribution >= 4 is 0 Å². The molecule has 3 nitrogen and oxygen atoms in total. The van der Waals surface area contributed by atoms with Gasteiger partial charge in [-0.1, -0.05) is 13.8 Å². The standard InChI is InChI=1S/C16H31N3/c1-3-16(2,12-17-14-4-5-14)13-18-8-10-19(11-9-18)15-6-7-15/h14-15,17H,3-13H2,1-2H3. The van der Waals surface area contributed by atoms with Crippen LogP contribution in [0.5, 0.6) is 0 Å². The third-order valence-corrected chi connectivity index (χ3v) is 5.32. The largest absolute Gasteiger partial charge is 0.313 e. The molecule has 0 aromatic rings. The summed E-state index contributed by atoms with van der Waals surface area (Å²) in [5.74, 6) is 0. The van der Waals surface area contributed by atoms with Crippen LogP contribution in [0.1, 0.15) is 46.0 Å². The van der Waals surface area contributed by atoms with Gasteiger partial charge in [0, 0.05) is 51.4 Å². The van der Waals surface area contributed by atoms with Crippen molar-refractivity contribution in [1.29, 1.82) is 0 Å². The lowest BCUT2D eigenvalue weighted by atomic mass is 9.86. The molecule has 1 unspecified atom stereocenters. The summed E-state index contributed by atoms with van der Waals surface area (Å²) in [7, 11) is 0. The molecule has 2 aliphatic carbocycles. The van der Waals surface area contributed by atoms with Crippen LogP contribution in [0.15, 0.2) is 0 Å². The van der Waals surface area contributed by atoms with Gasteiger partial charge in [0.1, 0.15) is 0 Å². The van der Waals surface area contributed by atoms with Crippen LogP contribution in [0.2, 0.25) is 0 Å². The zero-order valence-corrected chi connectivity index (χ0v) is 12.8. The zero-order chi connectivity index (χ0) is 13.3. The Morgan fingerprint density at radius 2 is 1.74 bits per heavy atom. The smallest absolute Gasteiger partial charge is 0.0113 e. The lowest BCUT2D eigenvalue weighted by Crippen LogP contribution is -2.51. The third-order valence-electron chi connectivity index (χ3n) is 5.32. The Hall–Kier alpha value is -0.120. The second-order valence-corrected chi connectivity index (χ2v) is 7.36. The summed E-state index contributed by atoms with van der Waals surface area (Å²) < 4.78 is 0. The van der Waals surface area contributed by atoms with Crippen LogP contribution < -0.4 is 5.32 Å². The summed E-state index contributed by atoms with van der Waals surface area (Å²) in [6.07, 6.45) is 7.01. The predicted molar refractivity (Wildman–Crippen MR) is 80.5 cm³/mol. The maximum absolute atomic E-state index is 3.74. The van der Waals surface area contributed by atoms with Gasteiger partial charge in [0.2, 0.25) is 0 Å². The Labute approximate surface area is 118 Å². The molecule has 1 heterocycles. The second kappa shape index (κ2) is 5.71. The Balaban J connectivity index is 1.42. The van der Waals surface area contributed by atoms with E-state index < -0.39 is 0 Å². The predicted octanol–water partition coefficient (Wildman–Crippen LogP) is 1.93. The van der Waals surface area contributed by atoms with E-state index in [-0.39, 0.29) is 0 Å². The Bertz CT molecular complexity index is 290. The van der Waals surface area contributed by atoms with E-state index >= 15 is 0 Å². The normalized spacial score (nSPS) is 29.4. The summed E-state index contributed by atoms with van der Waals surface area (Å²) in [5, 5.41) is 3.74. The quantitative estimate of drug-likeness (QED) is 0.759. The summed E-state index contributed by atoms with van der Waals surface area (Å²) in [6.45, 7) is 12.5. The van der Waals surface area contributed by atoms with Crippen molar-refractivity contribution in [3.63, 3.8) is 0 Å². The average molecular weight is 265 g/mol. The summed E-state index contributed by atoms with van der Waals surface area (Å²) in [5.41, 5.74) is 0.463. The first kappa shape index (κ1) is 13.8. The van der Waals surface area contributed by atoms with Gasteiger partial charge in [-0.25, -0.2) is 0 Å². The van der Waals surface area contributed by atoms with Crippen LogP contribution in [-0.2, 0) is 0 Å². The molecular formula is C16H31N3. The number of hydrogen-bond acceptors (Lipinski definition) is 3. The molecular weight excluding hydrogens is 234 g/mol. The molecule has 1 saturated heterocycles. The first-order valence-corrected chi connectivity index (χ1v) is 8.38. The van der Waals surface area contributed by atoms with E-state index in [0.717, 1.165) is 12.1 Å². The van der Waals surface area contributed by atoms with E-state index in [1.807, 2.05) is 0 Å². The van der Waals surface area contributed by atoms with Crippen LogP contribution >= 0.6 is 0 Å². The second-order valence-electron chi connectivity index (χ2n) is 7.36. The van der Waals surface area contributed by atoms with Crippen LogP contribution in [-0.4, -0.2) is 61.2 Å². The number of piperazine rings is 1. The lowest BCUT2D eigenvalue weighted by molar-refractivity contribution is 0.0843. The van der Waals surface area contributed by atoms with E-state index in [1.54, 1.807) is 0 Å². The maximum Gasteiger partial charge on any atom is 0.0113 e. The Morgan fingerprint density at radius 1 is 1.05 bits per heavy atom. The fourth-order valence-electron chi connectivity index (χ4n) is 3.24. The SMILES string of the molecule is CCC(C)(CNC1CC1)CN1CCN(C2CC2)CC1. The monoisotopic (exact) mass is 265 g/mol. The van der Waals surface area contributed by atoms with Crippen molar-refractivity contribution in [3.05, 3.63) is 0 Å². The number of nitrogens with one attached hydrogen (secondary N) is 1. The molecule has 0 spiro atoms. The third kappa shape index (κ3) is 3.93. The summed E-state index contributed by atoms with van der Waals surface area (Å²) in [4.78, 5) is 5.42. The maximum atomic E-state index is 3.74. The molecule has 1 aliphatic heterocycles. The van der Waals surface area contributed by atoms with Crippen molar-refractivity contribution in [2.75, 3.05) is 39.3 Å². The van der Waals surface area contributed by atoms with Gasteiger partial charge in [-0.2, -0.15) is 0 Å². The van der Waals surface area contributed by atoms with Crippen LogP contribution in [0.4, 0.5) is 0 Å². The van der Waals surface area contributed by atoms with E-state index in [2.05, 4.69) is 29.0 Å². The first-order chi connectivity index (χ1) is 9.18. The minimum Gasteiger partial charge on any atom is -0.313 e. The molecule has 3 rings (SSSR count). The average Bonchev–Trinajstić information content (AvgIpc) is 3.30. The van der Waals surface area contributed by atoms with E-state index in [4.69, 9.17) is 0 Å². The van der Waals surface area contributed by atoms with E-state index in [9.17, 15) is 0 Å².